The molecule has 1 aromatic carbocycles. The van der Waals surface area contributed by atoms with Crippen molar-refractivity contribution in [1.82, 2.24) is 9.88 Å². The molecule has 2 aromatic rings. The van der Waals surface area contributed by atoms with Gasteiger partial charge in [0.2, 0.25) is 0 Å². The van der Waals surface area contributed by atoms with E-state index < -0.39 is 5.97 Å². The van der Waals surface area contributed by atoms with Gasteiger partial charge >= 0.3 is 5.97 Å². The lowest BCUT2D eigenvalue weighted by Gasteiger charge is -2.17. The van der Waals surface area contributed by atoms with E-state index in [0.29, 0.717) is 46.4 Å². The summed E-state index contributed by atoms with van der Waals surface area (Å²) in [6.45, 7) is 7.77. The fourth-order valence-electron chi connectivity index (χ4n) is 2.69. The van der Waals surface area contributed by atoms with Gasteiger partial charge in [-0.1, -0.05) is 17.7 Å². The second-order valence-electron chi connectivity index (χ2n) is 6.61. The Morgan fingerprint density at radius 1 is 1.26 bits per heavy atom. The maximum Gasteiger partial charge on any atom is 0.340 e. The molecule has 1 heterocycles. The van der Waals surface area contributed by atoms with Crippen LogP contribution >= 0.6 is 11.6 Å². The third kappa shape index (κ3) is 5.26. The number of likely N-dealkylation sites (N-methyl/N-ethyl adjacent to an activating group) is 1. The van der Waals surface area contributed by atoms with Crippen LogP contribution in [0.5, 0.6) is 5.75 Å². The van der Waals surface area contributed by atoms with Crippen LogP contribution in [0.3, 0.4) is 0 Å². The van der Waals surface area contributed by atoms with Crippen molar-refractivity contribution in [2.75, 3.05) is 20.2 Å². The van der Waals surface area contributed by atoms with Gasteiger partial charge in [0.15, 0.2) is 0 Å². The van der Waals surface area contributed by atoms with Crippen LogP contribution in [0.25, 0.3) is 0 Å². The first kappa shape index (κ1) is 20.8. The number of aromatic nitrogens is 1. The number of ether oxygens (including phenoxy) is 2. The molecule has 2 rings (SSSR count). The highest BCUT2D eigenvalue weighted by Crippen LogP contribution is 2.21. The van der Waals surface area contributed by atoms with E-state index in [4.69, 9.17) is 21.1 Å². The number of esters is 1. The van der Waals surface area contributed by atoms with Gasteiger partial charge in [0, 0.05) is 17.8 Å². The van der Waals surface area contributed by atoms with Crippen LogP contribution in [0.4, 0.5) is 0 Å². The molecule has 0 radical (unpaired) electrons. The molecule has 0 spiro atoms. The summed E-state index contributed by atoms with van der Waals surface area (Å²) in [5.74, 6) is 0.00472. The smallest absolute Gasteiger partial charge is 0.340 e. The monoisotopic (exact) mass is 392 g/mol. The summed E-state index contributed by atoms with van der Waals surface area (Å²) in [4.78, 5) is 29.6. The molecule has 7 heteroatoms. The number of halogens is 1. The maximum atomic E-state index is 12.7. The minimum atomic E-state index is -0.428. The first-order valence-electron chi connectivity index (χ1n) is 8.74. The number of amides is 1. The van der Waals surface area contributed by atoms with E-state index in [1.54, 1.807) is 63.9 Å². The number of rotatable bonds is 7. The van der Waals surface area contributed by atoms with Crippen molar-refractivity contribution >= 4 is 23.5 Å². The molecule has 27 heavy (non-hydrogen) atoms. The van der Waals surface area contributed by atoms with Gasteiger partial charge in [0.25, 0.3) is 5.91 Å². The second-order valence-corrected chi connectivity index (χ2v) is 7.05. The van der Waals surface area contributed by atoms with Gasteiger partial charge in [-0.3, -0.25) is 4.79 Å². The van der Waals surface area contributed by atoms with Gasteiger partial charge in [-0.15, -0.1) is 0 Å². The van der Waals surface area contributed by atoms with Gasteiger partial charge in [-0.05, 0) is 51.5 Å². The predicted molar refractivity (Wildman–Crippen MR) is 105 cm³/mol. The highest BCUT2D eigenvalue weighted by molar-refractivity contribution is 6.30. The predicted octanol–water partition coefficient (Wildman–Crippen LogP) is 4.00. The molecule has 6 nitrogen and oxygen atoms in total. The van der Waals surface area contributed by atoms with Crippen molar-refractivity contribution in [2.45, 2.75) is 33.8 Å². The van der Waals surface area contributed by atoms with Crippen LogP contribution in [-0.4, -0.2) is 48.1 Å². The van der Waals surface area contributed by atoms with Crippen LogP contribution in [0.15, 0.2) is 24.3 Å². The van der Waals surface area contributed by atoms with E-state index in [-0.39, 0.29) is 12.0 Å². The fraction of sp³-hybridized carbons (Fsp3) is 0.400. The zero-order valence-corrected chi connectivity index (χ0v) is 17.0. The van der Waals surface area contributed by atoms with E-state index in [1.165, 1.54) is 0 Å². The summed E-state index contributed by atoms with van der Waals surface area (Å²) in [5, 5.41) is 0.593. The van der Waals surface area contributed by atoms with Gasteiger partial charge in [0.05, 0.1) is 18.2 Å². The Morgan fingerprint density at radius 2 is 1.96 bits per heavy atom. The molecule has 146 valence electrons. The SMILES string of the molecule is Cc1[nH]c(C(=O)N(C)CCOc2cccc(Cl)c2)c(C)c1C(=O)OC(C)C. The lowest BCUT2D eigenvalue weighted by Crippen LogP contribution is -2.31. The fourth-order valence-corrected chi connectivity index (χ4v) is 2.87. The number of hydrogen-bond donors (Lipinski definition) is 1. The molecule has 0 saturated heterocycles. The van der Waals surface area contributed by atoms with Crippen LogP contribution in [0.1, 0.15) is 46.0 Å². The molecular formula is C20H25ClN2O4. The first-order valence-corrected chi connectivity index (χ1v) is 9.12. The third-order valence-corrected chi connectivity index (χ3v) is 4.27. The number of aryl methyl sites for hydroxylation is 1. The number of aromatic amines is 1. The minimum Gasteiger partial charge on any atom is -0.492 e. The van der Waals surface area contributed by atoms with Gasteiger partial charge < -0.3 is 19.4 Å². The topological polar surface area (TPSA) is 71.6 Å². The van der Waals surface area contributed by atoms with Crippen molar-refractivity contribution < 1.29 is 19.1 Å². The lowest BCUT2D eigenvalue weighted by atomic mass is 10.1. The highest BCUT2D eigenvalue weighted by Gasteiger charge is 2.25. The number of benzene rings is 1. The molecule has 0 atom stereocenters. The molecule has 0 aliphatic rings. The molecule has 1 aromatic heterocycles. The number of nitrogens with one attached hydrogen (secondary N) is 1. The van der Waals surface area contributed by atoms with E-state index in [2.05, 4.69) is 4.98 Å². The highest BCUT2D eigenvalue weighted by atomic mass is 35.5. The van der Waals surface area contributed by atoms with Gasteiger partial charge in [-0.2, -0.15) is 0 Å². The standard InChI is InChI=1S/C20H25ClN2O4/c1-12(2)27-20(25)17-13(3)18(22-14(17)4)19(24)23(5)9-10-26-16-8-6-7-15(21)11-16/h6-8,11-12,22H,9-10H2,1-5H3. The number of H-pyrrole nitrogens is 1. The number of nitrogens with zero attached hydrogens (tertiary/aromatic N) is 1. The zero-order valence-electron chi connectivity index (χ0n) is 16.3. The summed E-state index contributed by atoms with van der Waals surface area (Å²) in [5.41, 5.74) is 2.00. The number of hydrogen-bond acceptors (Lipinski definition) is 4. The summed E-state index contributed by atoms with van der Waals surface area (Å²) >= 11 is 5.92. The van der Waals surface area contributed by atoms with Crippen LogP contribution in [0.2, 0.25) is 5.02 Å². The summed E-state index contributed by atoms with van der Waals surface area (Å²) in [7, 11) is 1.69. The zero-order chi connectivity index (χ0) is 20.1. The van der Waals surface area contributed by atoms with E-state index in [1.807, 2.05) is 0 Å². The molecular weight excluding hydrogens is 368 g/mol. The summed E-state index contributed by atoms with van der Waals surface area (Å²) < 4.78 is 10.9. The quantitative estimate of drug-likeness (QED) is 0.723. The Bertz CT molecular complexity index is 829. The molecule has 0 aliphatic carbocycles. The normalized spacial score (nSPS) is 10.8. The Morgan fingerprint density at radius 3 is 2.59 bits per heavy atom. The van der Waals surface area contributed by atoms with Crippen molar-refractivity contribution in [3.05, 3.63) is 51.8 Å². The van der Waals surface area contributed by atoms with Crippen LogP contribution in [-0.2, 0) is 4.74 Å². The third-order valence-electron chi connectivity index (χ3n) is 4.04. The van der Waals surface area contributed by atoms with Crippen LogP contribution in [0, 0.1) is 13.8 Å². The van der Waals surface area contributed by atoms with Crippen molar-refractivity contribution in [3.63, 3.8) is 0 Å². The van der Waals surface area contributed by atoms with Crippen molar-refractivity contribution in [3.8, 4) is 5.75 Å². The van der Waals surface area contributed by atoms with E-state index in [9.17, 15) is 9.59 Å². The van der Waals surface area contributed by atoms with Crippen LogP contribution < -0.4 is 4.74 Å². The Hall–Kier alpha value is -2.47. The molecule has 0 fully saturated rings. The molecule has 0 saturated carbocycles. The average Bonchev–Trinajstić information content (AvgIpc) is 2.88. The molecule has 0 unspecified atom stereocenters. The summed E-state index contributed by atoms with van der Waals surface area (Å²) in [6.07, 6.45) is -0.225. The minimum absolute atomic E-state index is 0.214. The largest absolute Gasteiger partial charge is 0.492 e. The molecule has 1 N–H and O–H groups in total. The Kier molecular flexibility index (Phi) is 6.91. The molecule has 0 bridgehead atoms. The first-order chi connectivity index (χ1) is 12.7. The summed E-state index contributed by atoms with van der Waals surface area (Å²) in [6, 6.07) is 7.09. The van der Waals surface area contributed by atoms with Gasteiger partial charge in [0.1, 0.15) is 18.1 Å². The Balaban J connectivity index is 2.03. The van der Waals surface area contributed by atoms with Gasteiger partial charge in [-0.25, -0.2) is 4.79 Å². The van der Waals surface area contributed by atoms with E-state index >= 15 is 0 Å². The van der Waals surface area contributed by atoms with E-state index in [0.717, 1.165) is 0 Å². The second kappa shape index (κ2) is 8.95. The lowest BCUT2D eigenvalue weighted by molar-refractivity contribution is 0.0376. The number of carbonyl (C=O) groups is 2. The van der Waals surface area contributed by atoms with Crippen molar-refractivity contribution in [2.24, 2.45) is 0 Å². The Labute approximate surface area is 164 Å². The maximum absolute atomic E-state index is 12.7. The van der Waals surface area contributed by atoms with Crippen molar-refractivity contribution in [1.29, 1.82) is 0 Å². The molecule has 1 amide bonds. The average molecular weight is 393 g/mol. The number of carbonyl (C=O) groups excluding carboxylic acids is 2. The molecule has 0 aliphatic heterocycles.